The first kappa shape index (κ1) is 91.1. The van der Waals surface area contributed by atoms with Crippen LogP contribution in [-0.4, -0.2) is 475 Å². The zero-order valence-corrected chi connectivity index (χ0v) is 59.9. The maximum Gasteiger partial charge on any atom is 0.217 e. The van der Waals surface area contributed by atoms with Crippen LogP contribution in [0.1, 0.15) is 34.6 Å². The van der Waals surface area contributed by atoms with Crippen LogP contribution in [0.5, 0.6) is 0 Å². The van der Waals surface area contributed by atoms with E-state index in [1.165, 1.54) is 6.92 Å². The van der Waals surface area contributed by atoms with Crippen molar-refractivity contribution in [3.63, 3.8) is 0 Å². The van der Waals surface area contributed by atoms with Gasteiger partial charge in [0, 0.05) is 27.7 Å². The molecule has 0 aromatic heterocycles. The highest BCUT2D eigenvalue weighted by atomic mass is 16.8. The number of hydrogen-bond donors (Lipinski definition) is 28. The van der Waals surface area contributed by atoms with Gasteiger partial charge in [-0.15, -0.1) is 0 Å². The fourth-order valence-corrected chi connectivity index (χ4v) is 14.3. The highest BCUT2D eigenvalue weighted by Crippen LogP contribution is 2.40. The summed E-state index contributed by atoms with van der Waals surface area (Å²) in [6, 6.07) is -7.40. The molecule has 45 atom stereocenters. The van der Waals surface area contributed by atoms with Crippen molar-refractivity contribution in [2.24, 2.45) is 0 Å². The second kappa shape index (κ2) is 39.7. The van der Waals surface area contributed by atoms with Gasteiger partial charge in [0.25, 0.3) is 0 Å². The SMILES string of the molecule is CC(=O)N[C@@H]1[C@@H](O)[C@H](O[C@@H]2O[C@H](CO)[C@@H](O[C@@H]3O[C@H](CO[C@H]4O[C@H](CO)[C@@H](O)[C@H](O)[C@@H]4O[C@@H]4O[C@H](CO)[C@@H](O)[C@H](O)[C@H]4NC(C)=O)[C@@H](O)[C@H](O[C@H]4O[C@H](CO)[C@@H](O)[C@H](O)[C@@H]4O[C@@H]4O[C@H](CO)[C@@H](O[C@@H]5O[C@H](CO)[C@H](O)[C@H](O)[C@H]5O)[C@H](O)[C@H]4NC(C)=O)[C@@H]3O)[C@H](O)[C@H]2NC(C)=O)[C@@H](CO[C@@H]2O[C@@H](C)[C@@H](O)[C@@H](O)[C@@H]2O)O[C@@H]1O. The van der Waals surface area contributed by atoms with E-state index in [2.05, 4.69) is 21.3 Å². The van der Waals surface area contributed by atoms with E-state index >= 15 is 0 Å². The Morgan fingerprint density at radius 1 is 0.252 bits per heavy atom. The van der Waals surface area contributed by atoms with E-state index in [0.717, 1.165) is 27.7 Å². The summed E-state index contributed by atoms with van der Waals surface area (Å²) in [6.45, 7) is -3.36. The number of nitrogens with one attached hydrogen (secondary N) is 4. The van der Waals surface area contributed by atoms with Crippen LogP contribution < -0.4 is 21.3 Å². The Balaban J connectivity index is 1.05. The van der Waals surface area contributed by atoms with Crippen molar-refractivity contribution in [1.29, 1.82) is 0 Å². The number of carbonyl (C=O) groups excluding carboxylic acids is 4. The number of hydrogen-bond acceptors (Lipinski definition) is 45. The first-order valence-electron chi connectivity index (χ1n) is 35.5. The third kappa shape index (κ3) is 20.3. The van der Waals surface area contributed by atoms with Crippen LogP contribution in [0.2, 0.25) is 0 Å². The predicted molar refractivity (Wildman–Crippen MR) is 342 cm³/mol. The third-order valence-corrected chi connectivity index (χ3v) is 20.3. The summed E-state index contributed by atoms with van der Waals surface area (Å²) in [7, 11) is 0. The monoisotopic (exact) mass is 1620 g/mol. The molecule has 111 heavy (non-hydrogen) atoms. The zero-order chi connectivity index (χ0) is 81.8. The summed E-state index contributed by atoms with van der Waals surface area (Å²) in [5.41, 5.74) is 0. The van der Waals surface area contributed by atoms with Crippen molar-refractivity contribution in [3.05, 3.63) is 0 Å². The number of rotatable bonds is 28. The first-order chi connectivity index (χ1) is 52.4. The Morgan fingerprint density at radius 2 is 0.559 bits per heavy atom. The molecule has 9 aliphatic rings. The minimum Gasteiger partial charge on any atom is -0.394 e. The molecule has 9 saturated heterocycles. The molecule has 9 rings (SSSR count). The first-order valence-corrected chi connectivity index (χ1v) is 35.5. The van der Waals surface area contributed by atoms with Crippen LogP contribution in [0.15, 0.2) is 0 Å². The van der Waals surface area contributed by atoms with E-state index in [1.54, 1.807) is 0 Å². The summed E-state index contributed by atoms with van der Waals surface area (Å²) < 4.78 is 101. The average molecular weight is 1630 g/mol. The van der Waals surface area contributed by atoms with Gasteiger partial charge in [0.05, 0.1) is 59.0 Å². The molecular formula is C62H104N4O45. The molecule has 0 saturated carbocycles. The second-order valence-corrected chi connectivity index (χ2v) is 28.2. The van der Waals surface area contributed by atoms with Crippen molar-refractivity contribution in [1.82, 2.24) is 21.3 Å². The van der Waals surface area contributed by atoms with Gasteiger partial charge in [0.2, 0.25) is 23.6 Å². The molecule has 49 nitrogen and oxygen atoms in total. The Bertz CT molecular complexity index is 2950. The predicted octanol–water partition coefficient (Wildman–Crippen LogP) is -19.0. The van der Waals surface area contributed by atoms with Crippen molar-refractivity contribution in [3.8, 4) is 0 Å². The van der Waals surface area contributed by atoms with Gasteiger partial charge in [-0.25, -0.2) is 0 Å². The van der Waals surface area contributed by atoms with Crippen molar-refractivity contribution in [2.75, 3.05) is 52.9 Å². The van der Waals surface area contributed by atoms with Gasteiger partial charge >= 0.3 is 0 Å². The number of ether oxygens (including phenoxy) is 17. The minimum atomic E-state index is -2.57. The summed E-state index contributed by atoms with van der Waals surface area (Å²) in [4.78, 5) is 50.9. The van der Waals surface area contributed by atoms with Gasteiger partial charge in [-0.3, -0.25) is 19.2 Å². The number of carbonyl (C=O) groups is 4. The molecule has 49 heteroatoms. The molecule has 4 amide bonds. The van der Waals surface area contributed by atoms with Crippen LogP contribution in [-0.2, 0) is 99.7 Å². The summed E-state index contributed by atoms with van der Waals surface area (Å²) in [6.07, 6.45) is -83.4. The molecule has 0 aromatic carbocycles. The highest BCUT2D eigenvalue weighted by Gasteiger charge is 2.61. The maximum absolute atomic E-state index is 13.2. The quantitative estimate of drug-likeness (QED) is 0.0346. The summed E-state index contributed by atoms with van der Waals surface area (Å²) in [5.74, 6) is -3.59. The molecule has 0 aliphatic carbocycles. The lowest BCUT2D eigenvalue weighted by molar-refractivity contribution is -0.398. The van der Waals surface area contributed by atoms with Gasteiger partial charge in [0.15, 0.2) is 56.6 Å². The van der Waals surface area contributed by atoms with Crippen LogP contribution >= 0.6 is 0 Å². The largest absolute Gasteiger partial charge is 0.394 e. The number of aliphatic hydroxyl groups excluding tert-OH is 24. The van der Waals surface area contributed by atoms with Crippen LogP contribution in [0.3, 0.4) is 0 Å². The van der Waals surface area contributed by atoms with E-state index in [9.17, 15) is 142 Å². The molecule has 642 valence electrons. The third-order valence-electron chi connectivity index (χ3n) is 20.3. The summed E-state index contributed by atoms with van der Waals surface area (Å²) in [5, 5.41) is 276. The fraction of sp³-hybridized carbons (Fsp3) is 0.935. The van der Waals surface area contributed by atoms with Crippen LogP contribution in [0.25, 0.3) is 0 Å². The summed E-state index contributed by atoms with van der Waals surface area (Å²) >= 11 is 0. The fourth-order valence-electron chi connectivity index (χ4n) is 14.3. The Morgan fingerprint density at radius 3 is 1.03 bits per heavy atom. The Labute approximate surface area is 629 Å². The second-order valence-electron chi connectivity index (χ2n) is 28.2. The molecule has 0 unspecified atom stereocenters. The smallest absolute Gasteiger partial charge is 0.217 e. The lowest BCUT2D eigenvalue weighted by Gasteiger charge is -2.51. The standard InChI is InChI=1S/C62H104N4O45/c1-14-31(77)41(87)45(91)58(97-14)95-13-26-50(38(84)27(54(94)98-26)63-15(2)73)106-56-29(65-17(4)75)39(85)49(24(11-72)103-56)108-60-47(93)51(36(82)25(105-60)12-96-61-52(43(89)34(80)21(8-69)101-61)110-55-28(64-16(3)74)37(83)32(78)19(6-67)99-55)109-62-53(44(90)35(81)22(9-70)102-62)111-57-30(66-18(5)76)40(86)48(23(10-71)104-57)107-59-46(92)42(88)33(79)20(7-68)100-59/h14,19-62,67-72,77-94H,6-13H2,1-5H3,(H,63,73)(H,64,74)(H,65,75)(H,66,76)/t14-,19+,20+,21+,22+,23+,24+,25+,26+,27+,28+,29+,30+,31+,32+,33-,34+,35+,36+,37+,38+,39+,40+,41+,42-,43-,44-,45-,46+,47-,48+,49+,50+,51-,52-,53-,54-,55-,56-,57-,58+,59-,60-,61-,62+/m0/s1. The highest BCUT2D eigenvalue weighted by molar-refractivity contribution is 5.74. The Kier molecular flexibility index (Phi) is 32.6. The van der Waals surface area contributed by atoms with Crippen LogP contribution in [0.4, 0.5) is 0 Å². The molecule has 28 N–H and O–H groups in total. The lowest BCUT2D eigenvalue weighted by Crippen LogP contribution is -2.71. The van der Waals surface area contributed by atoms with Crippen molar-refractivity contribution < 1.29 is 222 Å². The number of aliphatic hydroxyl groups is 24. The van der Waals surface area contributed by atoms with Gasteiger partial charge in [-0.05, 0) is 6.92 Å². The van der Waals surface area contributed by atoms with E-state index in [-0.39, 0.29) is 0 Å². The van der Waals surface area contributed by atoms with Crippen LogP contribution in [0, 0.1) is 0 Å². The molecule has 0 radical (unpaired) electrons. The van der Waals surface area contributed by atoms with Crippen molar-refractivity contribution >= 4 is 23.6 Å². The molecule has 9 heterocycles. The normalized spacial score (nSPS) is 49.3. The molecule has 0 spiro atoms. The van der Waals surface area contributed by atoms with Gasteiger partial charge in [0.1, 0.15) is 213 Å². The van der Waals surface area contributed by atoms with Gasteiger partial charge < -0.3 is 224 Å². The topological polar surface area (TPSA) is 759 Å². The molecule has 9 aliphatic heterocycles. The van der Waals surface area contributed by atoms with E-state index in [1.807, 2.05) is 0 Å². The number of amides is 4. The molecular weight excluding hydrogens is 1520 g/mol. The van der Waals surface area contributed by atoms with Gasteiger partial charge in [-0.1, -0.05) is 0 Å². The Hall–Kier alpha value is -3.76. The molecule has 0 bridgehead atoms. The van der Waals surface area contributed by atoms with E-state index < -0.39 is 353 Å². The van der Waals surface area contributed by atoms with E-state index in [0.29, 0.717) is 0 Å². The molecule has 9 fully saturated rings. The van der Waals surface area contributed by atoms with Crippen molar-refractivity contribution in [2.45, 2.75) is 311 Å². The van der Waals surface area contributed by atoms with Gasteiger partial charge in [-0.2, -0.15) is 0 Å². The molecule has 0 aromatic rings. The maximum atomic E-state index is 13.2. The average Bonchev–Trinajstić information content (AvgIpc) is 0.768. The zero-order valence-electron chi connectivity index (χ0n) is 59.9. The minimum absolute atomic E-state index is 0.828. The van der Waals surface area contributed by atoms with E-state index in [4.69, 9.17) is 80.5 Å². The lowest BCUT2D eigenvalue weighted by atomic mass is 9.93.